The predicted molar refractivity (Wildman–Crippen MR) is 294 cm³/mol. The highest BCUT2D eigenvalue weighted by Gasteiger charge is 2.24. The third-order valence-electron chi connectivity index (χ3n) is 12.0. The Morgan fingerprint density at radius 2 is 1.16 bits per heavy atom. The van der Waals surface area contributed by atoms with Crippen LogP contribution in [0.4, 0.5) is 0 Å². The number of carbonyl (C=O) groups is 2. The summed E-state index contributed by atoms with van der Waals surface area (Å²) >= 11 is 12.3. The molecule has 6 aromatic heterocycles. The number of nitrogens with one attached hydrogen (secondary N) is 1. The van der Waals surface area contributed by atoms with Crippen LogP contribution in [-0.4, -0.2) is 130 Å². The summed E-state index contributed by atoms with van der Waals surface area (Å²) in [6, 6.07) is 12.8. The van der Waals surface area contributed by atoms with E-state index in [1.807, 2.05) is 58.3 Å². The van der Waals surface area contributed by atoms with Gasteiger partial charge in [-0.2, -0.15) is 10.2 Å². The maximum absolute atomic E-state index is 13.2. The van der Waals surface area contributed by atoms with Crippen molar-refractivity contribution in [2.45, 2.75) is 104 Å². The van der Waals surface area contributed by atoms with Crippen molar-refractivity contribution in [3.63, 3.8) is 0 Å². The zero-order chi connectivity index (χ0) is 53.4. The highest BCUT2D eigenvalue weighted by Crippen LogP contribution is 2.32. The van der Waals surface area contributed by atoms with Gasteiger partial charge in [0.15, 0.2) is 11.3 Å². The zero-order valence-electron chi connectivity index (χ0n) is 43.3. The van der Waals surface area contributed by atoms with Crippen LogP contribution in [0, 0.1) is 0 Å². The van der Waals surface area contributed by atoms with E-state index in [-0.39, 0.29) is 50.2 Å². The van der Waals surface area contributed by atoms with Crippen LogP contribution in [0.5, 0.6) is 0 Å². The van der Waals surface area contributed by atoms with Gasteiger partial charge in [-0.3, -0.25) is 14.2 Å². The fourth-order valence-electron chi connectivity index (χ4n) is 7.44. The maximum atomic E-state index is 13.2. The van der Waals surface area contributed by atoms with Crippen LogP contribution < -0.4 is 11.1 Å². The molecule has 0 spiro atoms. The molecule has 6 N–H and O–H groups in total. The number of hydrogen-bond donors (Lipinski definition) is 5. The molecule has 0 aliphatic rings. The van der Waals surface area contributed by atoms with Gasteiger partial charge in [-0.15, -0.1) is 0 Å². The van der Waals surface area contributed by atoms with E-state index in [1.54, 1.807) is 43.2 Å². The number of rotatable bonds is 19. The molecule has 73 heavy (non-hydrogen) atoms. The lowest BCUT2D eigenvalue weighted by atomic mass is 10.1. The number of aliphatic hydroxyl groups is 2. The van der Waals surface area contributed by atoms with E-state index in [9.17, 15) is 19.8 Å². The van der Waals surface area contributed by atoms with Gasteiger partial charge < -0.3 is 45.0 Å². The van der Waals surface area contributed by atoms with E-state index >= 15 is 0 Å². The van der Waals surface area contributed by atoms with Crippen LogP contribution in [0.15, 0.2) is 61.2 Å². The molecule has 0 radical (unpaired) electrons. The van der Waals surface area contributed by atoms with Gasteiger partial charge in [-0.25, -0.2) is 24.7 Å². The second kappa shape index (κ2) is 24.6. The molecular weight excluding hydrogens is 1010 g/mol. The van der Waals surface area contributed by atoms with E-state index in [1.165, 1.54) is 6.20 Å². The lowest BCUT2D eigenvalue weighted by Gasteiger charge is -2.15. The molecule has 1 amide bonds. The SMILES string of the molecule is CC[C@@H](N)CO.CC[C@H](CO)NC(=O)c1cn(COCC[Si](C)(C)C)c2ncc(-c3nn(C)c4cc(Cl)ccc34)nc12.Cn1nc(-c2cnc3c(n2)c(C(=O)O)cn3COCC[Si](C)(C)C)c2ccc(Cl)cc21. The number of aliphatic hydroxyl groups excluding tert-OH is 2. The number of aryl methyl sites for hydroxylation is 2. The predicted octanol–water partition coefficient (Wildman–Crippen LogP) is 8.82. The van der Waals surface area contributed by atoms with Gasteiger partial charge in [0, 0.05) is 82.7 Å². The van der Waals surface area contributed by atoms with Crippen molar-refractivity contribution in [1.82, 2.24) is 53.9 Å². The molecule has 2 atom stereocenters. The number of aromatic nitrogens is 10. The Bertz CT molecular complexity index is 3190. The topological polar surface area (TPSA) is 248 Å². The fourth-order valence-corrected chi connectivity index (χ4v) is 9.29. The molecule has 19 nitrogen and oxygen atoms in total. The lowest BCUT2D eigenvalue weighted by molar-refractivity contribution is 0.0695. The van der Waals surface area contributed by atoms with E-state index in [2.05, 4.69) is 69.7 Å². The van der Waals surface area contributed by atoms with Crippen LogP contribution in [0.25, 0.3) is 66.9 Å². The molecular formula is C50H68Cl2N12O7Si2. The first kappa shape index (κ1) is 56.7. The number of nitrogens with two attached hydrogens (primary N) is 1. The van der Waals surface area contributed by atoms with Crippen LogP contribution in [0.2, 0.25) is 61.4 Å². The number of hydrogen-bond acceptors (Lipinski definition) is 13. The first-order chi connectivity index (χ1) is 34.6. The van der Waals surface area contributed by atoms with Gasteiger partial charge in [0.2, 0.25) is 0 Å². The molecule has 0 aliphatic carbocycles. The van der Waals surface area contributed by atoms with Crippen LogP contribution >= 0.6 is 23.2 Å². The third-order valence-corrected chi connectivity index (χ3v) is 15.9. The van der Waals surface area contributed by atoms with Crippen LogP contribution in [-0.2, 0) is 37.0 Å². The lowest BCUT2D eigenvalue weighted by Crippen LogP contribution is -2.36. The highest BCUT2D eigenvalue weighted by atomic mass is 35.5. The summed E-state index contributed by atoms with van der Waals surface area (Å²) in [7, 11) is 1.24. The Morgan fingerprint density at radius 3 is 1.55 bits per heavy atom. The Labute approximate surface area is 436 Å². The maximum Gasteiger partial charge on any atom is 0.339 e. The summed E-state index contributed by atoms with van der Waals surface area (Å²) in [5.74, 6) is -1.37. The molecule has 392 valence electrons. The second-order valence-corrected chi connectivity index (χ2v) is 32.4. The zero-order valence-corrected chi connectivity index (χ0v) is 46.8. The minimum absolute atomic E-state index is 0.00926. The second-order valence-electron chi connectivity index (χ2n) is 20.3. The van der Waals surface area contributed by atoms with Gasteiger partial charge in [-0.05, 0) is 61.3 Å². The van der Waals surface area contributed by atoms with Crippen molar-refractivity contribution in [2.75, 3.05) is 26.4 Å². The molecule has 0 fully saturated rings. The van der Waals surface area contributed by atoms with Crippen LogP contribution in [0.3, 0.4) is 0 Å². The summed E-state index contributed by atoms with van der Waals surface area (Å²) in [6.45, 7) is 19.4. The quantitative estimate of drug-likeness (QED) is 0.0375. The number of carboxylic acids is 1. The van der Waals surface area contributed by atoms with Gasteiger partial charge in [-0.1, -0.05) is 76.3 Å². The number of fused-ring (bicyclic) bond motifs is 4. The average molecular weight is 1080 g/mol. The Balaban J connectivity index is 0.000000216. The van der Waals surface area contributed by atoms with Gasteiger partial charge in [0.05, 0.1) is 48.2 Å². The molecule has 0 bridgehead atoms. The Hall–Kier alpha value is -5.63. The van der Waals surface area contributed by atoms with Gasteiger partial charge >= 0.3 is 5.97 Å². The van der Waals surface area contributed by atoms with Crippen molar-refractivity contribution >= 4 is 95.4 Å². The monoisotopic (exact) mass is 1070 g/mol. The summed E-state index contributed by atoms with van der Waals surface area (Å²) < 4.78 is 18.7. The minimum Gasteiger partial charge on any atom is -0.478 e. The Kier molecular flexibility index (Phi) is 19.1. The fraction of sp³-hybridized carbons (Fsp3) is 0.440. The molecule has 23 heteroatoms. The summed E-state index contributed by atoms with van der Waals surface area (Å²) in [6.07, 6.45) is 8.00. The van der Waals surface area contributed by atoms with E-state index in [0.717, 1.165) is 40.3 Å². The van der Waals surface area contributed by atoms with Gasteiger partial charge in [0.25, 0.3) is 5.91 Å². The average Bonchev–Trinajstić information content (AvgIpc) is 4.10. The molecule has 6 heterocycles. The molecule has 2 aromatic carbocycles. The van der Waals surface area contributed by atoms with E-state index in [0.29, 0.717) is 80.3 Å². The van der Waals surface area contributed by atoms with E-state index in [4.69, 9.17) is 48.5 Å². The van der Waals surface area contributed by atoms with Gasteiger partial charge in [0.1, 0.15) is 52.8 Å². The number of amides is 1. The number of benzene rings is 2. The van der Waals surface area contributed by atoms with Crippen molar-refractivity contribution in [3.05, 3.63) is 82.4 Å². The molecule has 8 aromatic rings. The third kappa shape index (κ3) is 14.4. The number of carboxylic acid groups (broad SMARTS) is 1. The van der Waals surface area contributed by atoms with E-state index < -0.39 is 22.1 Å². The van der Waals surface area contributed by atoms with Crippen molar-refractivity contribution < 1.29 is 34.4 Å². The summed E-state index contributed by atoms with van der Waals surface area (Å²) in [4.78, 5) is 43.7. The number of ether oxygens (including phenoxy) is 2. The molecule has 0 saturated carbocycles. The van der Waals surface area contributed by atoms with Crippen LogP contribution in [0.1, 0.15) is 47.4 Å². The summed E-state index contributed by atoms with van der Waals surface area (Å²) in [5.41, 5.74) is 11.5. The first-order valence-corrected chi connectivity index (χ1v) is 32.4. The normalized spacial score (nSPS) is 12.8. The van der Waals surface area contributed by atoms with Crippen molar-refractivity contribution in [3.8, 4) is 22.8 Å². The summed E-state index contributed by atoms with van der Waals surface area (Å²) in [5, 5.41) is 42.6. The number of nitrogens with zero attached hydrogens (tertiary/aromatic N) is 10. The number of aromatic carboxylic acids is 1. The molecule has 0 aliphatic heterocycles. The standard InChI is InChI=1S/C25H33ClN6O3Si.C21H24ClN5O3Si.C4H11NO/c1-6-17(14-33)28-25(34)19-13-32(15-35-9-10-36(3,4)5)24-23(19)29-20(12-27-24)22-18-8-7-16(26)11-21(18)31(2)30-22;1-26-17-9-13(22)5-6-14(17)18(25-26)16-10-23-20-19(24-16)15(21(28)29)11-27(20)12-30-7-8-31(2,3)4;1-2-4(5)3-6/h7-8,11-13,17,33H,6,9-10,14-15H2,1-5H3,(H,28,34);5-6,9-11H,7-8,12H2,1-4H3,(H,28,29);4,6H,2-3,5H2,1H3/t17-;;4-/m1.1/s1. The highest BCUT2D eigenvalue weighted by molar-refractivity contribution is 6.76. The number of halogens is 2. The Morgan fingerprint density at radius 1 is 0.712 bits per heavy atom. The molecule has 0 unspecified atom stereocenters. The first-order valence-electron chi connectivity index (χ1n) is 24.2. The van der Waals surface area contributed by atoms with Crippen molar-refractivity contribution in [1.29, 1.82) is 0 Å². The molecule has 0 saturated heterocycles. The minimum atomic E-state index is -1.22. The largest absolute Gasteiger partial charge is 0.478 e. The van der Waals surface area contributed by atoms with Crippen molar-refractivity contribution in [2.24, 2.45) is 19.8 Å². The smallest absolute Gasteiger partial charge is 0.339 e. The molecule has 8 rings (SSSR count). The number of carbonyl (C=O) groups excluding carboxylic acids is 1.